The van der Waals surface area contributed by atoms with Gasteiger partial charge in [-0.2, -0.15) is 0 Å². The number of carbonyl (C=O) groups is 2. The third kappa shape index (κ3) is 5.28. The fourth-order valence-corrected chi connectivity index (χ4v) is 5.61. The van der Waals surface area contributed by atoms with Gasteiger partial charge in [-0.25, -0.2) is 4.98 Å². The molecule has 1 aromatic carbocycles. The van der Waals surface area contributed by atoms with Crippen molar-refractivity contribution in [2.45, 2.75) is 50.7 Å². The molecule has 38 heavy (non-hydrogen) atoms. The SMILES string of the molecule is COc1cc(C(=O)NC2CCN(C)CC2)ccc1Nc1ccc2c(n1)N(C1CCOCC1)C(C)C(=O)N2C. The summed E-state index contributed by atoms with van der Waals surface area (Å²) in [5.74, 6) is 1.94. The second-order valence-electron chi connectivity index (χ2n) is 10.5. The molecule has 2 saturated heterocycles. The largest absolute Gasteiger partial charge is 0.495 e. The Bertz CT molecular complexity index is 1180. The van der Waals surface area contributed by atoms with E-state index >= 15 is 0 Å². The van der Waals surface area contributed by atoms with Crippen LogP contribution in [0.2, 0.25) is 0 Å². The van der Waals surface area contributed by atoms with Gasteiger partial charge in [-0.15, -0.1) is 0 Å². The number of nitrogens with one attached hydrogen (secondary N) is 2. The van der Waals surface area contributed by atoms with Crippen LogP contribution >= 0.6 is 0 Å². The van der Waals surface area contributed by atoms with E-state index in [2.05, 4.69) is 27.5 Å². The molecule has 3 aliphatic heterocycles. The van der Waals surface area contributed by atoms with Gasteiger partial charge in [0.05, 0.1) is 18.5 Å². The number of hydrogen-bond acceptors (Lipinski definition) is 8. The van der Waals surface area contributed by atoms with Crippen LogP contribution in [0, 0.1) is 0 Å². The summed E-state index contributed by atoms with van der Waals surface area (Å²) in [6.45, 7) is 5.27. The van der Waals surface area contributed by atoms with Gasteiger partial charge in [0.15, 0.2) is 5.82 Å². The molecule has 1 unspecified atom stereocenters. The first-order valence-electron chi connectivity index (χ1n) is 13.4. The van der Waals surface area contributed by atoms with Crippen LogP contribution in [0.5, 0.6) is 5.75 Å². The number of carbonyl (C=O) groups excluding carboxylic acids is 2. The average molecular weight is 523 g/mol. The van der Waals surface area contributed by atoms with Gasteiger partial charge in [-0.1, -0.05) is 0 Å². The number of pyridine rings is 1. The van der Waals surface area contributed by atoms with E-state index in [9.17, 15) is 9.59 Å². The monoisotopic (exact) mass is 522 g/mol. The minimum atomic E-state index is -0.310. The average Bonchev–Trinajstić information content (AvgIpc) is 2.94. The minimum Gasteiger partial charge on any atom is -0.495 e. The van der Waals surface area contributed by atoms with Gasteiger partial charge in [0.25, 0.3) is 5.91 Å². The molecule has 1 atom stereocenters. The van der Waals surface area contributed by atoms with Crippen molar-refractivity contribution in [1.29, 1.82) is 0 Å². The maximum atomic E-state index is 13.0. The topological polar surface area (TPSA) is 99.3 Å². The number of likely N-dealkylation sites (N-methyl/N-ethyl adjacent to an activating group) is 1. The van der Waals surface area contributed by atoms with Crippen LogP contribution in [0.15, 0.2) is 30.3 Å². The van der Waals surface area contributed by atoms with Crippen molar-refractivity contribution in [3.8, 4) is 5.75 Å². The molecule has 0 aliphatic carbocycles. The number of nitrogens with zero attached hydrogens (tertiary/aromatic N) is 4. The second kappa shape index (κ2) is 11.2. The summed E-state index contributed by atoms with van der Waals surface area (Å²) >= 11 is 0. The minimum absolute atomic E-state index is 0.0577. The molecule has 0 saturated carbocycles. The normalized spacial score (nSPS) is 21.3. The Balaban J connectivity index is 1.36. The van der Waals surface area contributed by atoms with Crippen molar-refractivity contribution < 1.29 is 19.1 Å². The molecule has 2 N–H and O–H groups in total. The van der Waals surface area contributed by atoms with E-state index in [0.717, 1.165) is 50.3 Å². The smallest absolute Gasteiger partial charge is 0.251 e. The maximum Gasteiger partial charge on any atom is 0.251 e. The van der Waals surface area contributed by atoms with Gasteiger partial charge < -0.3 is 34.8 Å². The van der Waals surface area contributed by atoms with Crippen molar-refractivity contribution in [2.75, 3.05) is 62.6 Å². The fourth-order valence-electron chi connectivity index (χ4n) is 5.61. The number of aromatic nitrogens is 1. The van der Waals surface area contributed by atoms with Crippen LogP contribution in [-0.2, 0) is 9.53 Å². The Morgan fingerprint density at radius 2 is 1.82 bits per heavy atom. The number of fused-ring (bicyclic) bond motifs is 1. The van der Waals surface area contributed by atoms with Crippen LogP contribution in [0.4, 0.5) is 23.0 Å². The van der Waals surface area contributed by atoms with Crippen molar-refractivity contribution in [1.82, 2.24) is 15.2 Å². The third-order valence-corrected chi connectivity index (χ3v) is 7.93. The predicted molar refractivity (Wildman–Crippen MR) is 148 cm³/mol. The van der Waals surface area contributed by atoms with Gasteiger partial charge in [0.1, 0.15) is 17.6 Å². The molecule has 5 rings (SSSR count). The number of ether oxygens (including phenoxy) is 2. The first-order chi connectivity index (χ1) is 18.4. The second-order valence-corrected chi connectivity index (χ2v) is 10.5. The van der Waals surface area contributed by atoms with Crippen molar-refractivity contribution in [2.24, 2.45) is 0 Å². The molecule has 2 amide bonds. The summed E-state index contributed by atoms with van der Waals surface area (Å²) < 4.78 is 11.2. The zero-order valence-electron chi connectivity index (χ0n) is 22.7. The van der Waals surface area contributed by atoms with Gasteiger partial charge in [0, 0.05) is 37.9 Å². The van der Waals surface area contributed by atoms with Crippen LogP contribution in [0.1, 0.15) is 43.0 Å². The molecule has 204 valence electrons. The molecular weight excluding hydrogens is 484 g/mol. The van der Waals surface area contributed by atoms with Gasteiger partial charge >= 0.3 is 0 Å². The number of benzene rings is 1. The van der Waals surface area contributed by atoms with Crippen molar-refractivity contribution in [3.05, 3.63) is 35.9 Å². The number of likely N-dealkylation sites (tertiary alicyclic amines) is 1. The first-order valence-corrected chi connectivity index (χ1v) is 13.4. The molecule has 0 spiro atoms. The Morgan fingerprint density at radius 1 is 1.08 bits per heavy atom. The quantitative estimate of drug-likeness (QED) is 0.598. The summed E-state index contributed by atoms with van der Waals surface area (Å²) in [5.41, 5.74) is 2.06. The summed E-state index contributed by atoms with van der Waals surface area (Å²) in [7, 11) is 5.49. The lowest BCUT2D eigenvalue weighted by Crippen LogP contribution is -2.56. The molecule has 0 radical (unpaired) electrons. The molecule has 4 heterocycles. The number of methoxy groups -OCH3 is 1. The highest BCUT2D eigenvalue weighted by atomic mass is 16.5. The Labute approximate surface area is 224 Å². The number of anilines is 4. The van der Waals surface area contributed by atoms with Crippen LogP contribution < -0.4 is 25.2 Å². The zero-order chi connectivity index (χ0) is 26.8. The maximum absolute atomic E-state index is 13.0. The summed E-state index contributed by atoms with van der Waals surface area (Å²) in [6, 6.07) is 9.26. The van der Waals surface area contributed by atoms with Crippen molar-refractivity contribution >= 4 is 34.8 Å². The first kappa shape index (κ1) is 26.2. The van der Waals surface area contributed by atoms with Crippen LogP contribution in [0.3, 0.4) is 0 Å². The molecule has 0 bridgehead atoms. The molecule has 2 aromatic rings. The summed E-state index contributed by atoms with van der Waals surface area (Å²) in [4.78, 5) is 37.0. The Hall–Kier alpha value is -3.37. The lowest BCUT2D eigenvalue weighted by molar-refractivity contribution is -0.119. The third-order valence-electron chi connectivity index (χ3n) is 7.93. The number of piperidine rings is 1. The number of hydrogen-bond donors (Lipinski definition) is 2. The Kier molecular flexibility index (Phi) is 7.71. The van der Waals surface area contributed by atoms with E-state index in [0.29, 0.717) is 36.0 Å². The molecule has 2 fully saturated rings. The highest BCUT2D eigenvalue weighted by Crippen LogP contribution is 2.39. The lowest BCUT2D eigenvalue weighted by atomic mass is 10.0. The molecular formula is C28H38N6O4. The van der Waals surface area contributed by atoms with Gasteiger partial charge in [-0.3, -0.25) is 9.59 Å². The lowest BCUT2D eigenvalue weighted by Gasteiger charge is -2.44. The molecule has 3 aliphatic rings. The van der Waals surface area contributed by atoms with E-state index in [1.165, 1.54) is 0 Å². The standard InChI is InChI=1S/C28H38N6O4/c1-18-28(36)33(3)23-7-8-25(31-26(23)34(18)21-11-15-38-16-12-21)30-22-6-5-19(17-24(22)37-4)27(35)29-20-9-13-32(2)14-10-20/h5-8,17-18,20-21H,9-16H2,1-4H3,(H,29,35)(H,30,31). The van der Waals surface area contributed by atoms with E-state index in [1.807, 2.05) is 25.1 Å². The molecule has 1 aromatic heterocycles. The van der Waals surface area contributed by atoms with Crippen molar-refractivity contribution in [3.63, 3.8) is 0 Å². The van der Waals surface area contributed by atoms with Crippen LogP contribution in [0.25, 0.3) is 0 Å². The number of amides is 2. The van der Waals surface area contributed by atoms with E-state index in [1.54, 1.807) is 31.2 Å². The highest BCUT2D eigenvalue weighted by molar-refractivity contribution is 6.04. The van der Waals surface area contributed by atoms with E-state index in [4.69, 9.17) is 14.5 Å². The van der Waals surface area contributed by atoms with Gasteiger partial charge in [-0.05, 0) is 83.1 Å². The van der Waals surface area contributed by atoms with Crippen LogP contribution in [-0.4, -0.2) is 87.3 Å². The van der Waals surface area contributed by atoms with Gasteiger partial charge in [0.2, 0.25) is 5.91 Å². The zero-order valence-corrected chi connectivity index (χ0v) is 22.7. The molecule has 10 heteroatoms. The predicted octanol–water partition coefficient (Wildman–Crippen LogP) is 3.01. The molecule has 10 nitrogen and oxygen atoms in total. The fraction of sp³-hybridized carbons (Fsp3) is 0.536. The number of rotatable bonds is 6. The van der Waals surface area contributed by atoms with E-state index < -0.39 is 0 Å². The highest BCUT2D eigenvalue weighted by Gasteiger charge is 2.39. The van der Waals surface area contributed by atoms with E-state index in [-0.39, 0.29) is 29.9 Å². The summed E-state index contributed by atoms with van der Waals surface area (Å²) in [5, 5.41) is 6.52. The Morgan fingerprint density at radius 3 is 2.53 bits per heavy atom. The summed E-state index contributed by atoms with van der Waals surface area (Å²) in [6.07, 6.45) is 3.62.